The highest BCUT2D eigenvalue weighted by Crippen LogP contribution is 2.35. The Morgan fingerprint density at radius 2 is 1.96 bits per heavy atom. The average molecular weight is 375 g/mol. The van der Waals surface area contributed by atoms with E-state index in [1.54, 1.807) is 19.1 Å². The molecule has 1 aliphatic rings. The lowest BCUT2D eigenvalue weighted by Gasteiger charge is -2.32. The minimum Gasteiger partial charge on any atom is -0.345 e. The minimum absolute atomic E-state index is 0.0940. The largest absolute Gasteiger partial charge is 0.345 e. The Morgan fingerprint density at radius 3 is 2.68 bits per heavy atom. The normalized spacial score (nSPS) is 18.3. The molecule has 0 aromatic heterocycles. The van der Waals surface area contributed by atoms with Crippen LogP contribution in [0.3, 0.4) is 0 Å². The molecule has 2 aromatic rings. The van der Waals surface area contributed by atoms with Gasteiger partial charge in [-0.2, -0.15) is 0 Å². The molecule has 0 bridgehead atoms. The molecule has 130 valence electrons. The van der Waals surface area contributed by atoms with Crippen molar-refractivity contribution in [3.63, 3.8) is 0 Å². The maximum Gasteiger partial charge on any atom is 0.239 e. The summed E-state index contributed by atoms with van der Waals surface area (Å²) in [5, 5.41) is 3.51. The Labute approximate surface area is 156 Å². The van der Waals surface area contributed by atoms with Gasteiger partial charge in [0, 0.05) is 15.5 Å². The Hall–Kier alpha value is -1.82. The topological polar surface area (TPSA) is 49.4 Å². The van der Waals surface area contributed by atoms with Crippen molar-refractivity contribution in [2.45, 2.75) is 30.3 Å². The standard InChI is InChI=1S/C19H19ClN2O2S/c1-12(18(23)13-6-4-3-5-7-13)21-19(24)16-11-14-10-15(20)8-9-17(14)25-22(16)2/h3-10,12,16H,11H2,1-2H3,(H,21,24)/t12-,16?/m0/s1. The molecule has 0 saturated heterocycles. The number of Topliss-reactive ketones (excluding diaryl/α,β-unsaturated/α-hetero) is 1. The number of rotatable bonds is 4. The molecular weight excluding hydrogens is 356 g/mol. The Bertz CT molecular complexity index is 797. The van der Waals surface area contributed by atoms with Gasteiger partial charge in [-0.15, -0.1) is 0 Å². The average Bonchev–Trinajstić information content (AvgIpc) is 2.61. The predicted molar refractivity (Wildman–Crippen MR) is 101 cm³/mol. The Kier molecular flexibility index (Phi) is 5.47. The molecule has 3 rings (SSSR count). The summed E-state index contributed by atoms with van der Waals surface area (Å²) in [6, 6.07) is 13.8. The monoisotopic (exact) mass is 374 g/mol. The fraction of sp³-hybridized carbons (Fsp3) is 0.263. The summed E-state index contributed by atoms with van der Waals surface area (Å²) < 4.78 is 1.92. The molecule has 1 aliphatic heterocycles. The predicted octanol–water partition coefficient (Wildman–Crippen LogP) is 3.59. The number of ketones is 1. The number of nitrogens with zero attached hydrogens (tertiary/aromatic N) is 1. The first-order valence-corrected chi connectivity index (χ1v) is 9.19. The van der Waals surface area contributed by atoms with Crippen molar-refractivity contribution >= 4 is 35.2 Å². The fourth-order valence-electron chi connectivity index (χ4n) is 2.84. The first kappa shape index (κ1) is 18.0. The van der Waals surface area contributed by atoms with E-state index in [0.717, 1.165) is 10.5 Å². The Morgan fingerprint density at radius 1 is 1.24 bits per heavy atom. The van der Waals surface area contributed by atoms with Crippen LogP contribution in [0.1, 0.15) is 22.8 Å². The molecule has 1 heterocycles. The van der Waals surface area contributed by atoms with E-state index in [1.807, 2.05) is 47.8 Å². The van der Waals surface area contributed by atoms with Crippen LogP contribution in [0.2, 0.25) is 5.02 Å². The molecule has 0 radical (unpaired) electrons. The third kappa shape index (κ3) is 4.06. The fourth-order valence-corrected chi connectivity index (χ4v) is 4.03. The molecule has 0 aliphatic carbocycles. The summed E-state index contributed by atoms with van der Waals surface area (Å²) in [6.45, 7) is 1.72. The van der Waals surface area contributed by atoms with Gasteiger partial charge in [0.25, 0.3) is 0 Å². The van der Waals surface area contributed by atoms with Crippen LogP contribution in [-0.2, 0) is 11.2 Å². The third-order valence-electron chi connectivity index (χ3n) is 4.23. The molecule has 1 amide bonds. The molecule has 2 aromatic carbocycles. The first-order valence-electron chi connectivity index (χ1n) is 8.04. The van der Waals surface area contributed by atoms with Gasteiger partial charge in [0.05, 0.1) is 6.04 Å². The van der Waals surface area contributed by atoms with Gasteiger partial charge in [0.2, 0.25) is 5.91 Å². The number of halogens is 1. The molecule has 1 N–H and O–H groups in total. The lowest BCUT2D eigenvalue weighted by molar-refractivity contribution is -0.124. The van der Waals surface area contributed by atoms with Crippen molar-refractivity contribution in [1.82, 2.24) is 9.62 Å². The molecule has 1 unspecified atom stereocenters. The number of fused-ring (bicyclic) bond motifs is 1. The zero-order valence-electron chi connectivity index (χ0n) is 14.0. The van der Waals surface area contributed by atoms with Crippen LogP contribution < -0.4 is 5.32 Å². The van der Waals surface area contributed by atoms with Crippen LogP contribution >= 0.6 is 23.5 Å². The van der Waals surface area contributed by atoms with Gasteiger partial charge < -0.3 is 5.32 Å². The summed E-state index contributed by atoms with van der Waals surface area (Å²) in [4.78, 5) is 26.2. The summed E-state index contributed by atoms with van der Waals surface area (Å²) in [5.41, 5.74) is 1.65. The lowest BCUT2D eigenvalue weighted by atomic mass is 10.0. The van der Waals surface area contributed by atoms with E-state index >= 15 is 0 Å². The number of likely N-dealkylation sites (N-methyl/N-ethyl adjacent to an activating group) is 1. The Balaban J connectivity index is 1.69. The van der Waals surface area contributed by atoms with Crippen molar-refractivity contribution in [3.05, 3.63) is 64.7 Å². The van der Waals surface area contributed by atoms with Crippen LogP contribution in [-0.4, -0.2) is 35.1 Å². The van der Waals surface area contributed by atoms with E-state index in [4.69, 9.17) is 11.6 Å². The van der Waals surface area contributed by atoms with Crippen molar-refractivity contribution in [3.8, 4) is 0 Å². The molecule has 0 spiro atoms. The van der Waals surface area contributed by atoms with Crippen molar-refractivity contribution in [2.24, 2.45) is 0 Å². The number of carbonyl (C=O) groups excluding carboxylic acids is 2. The van der Waals surface area contributed by atoms with Gasteiger partial charge >= 0.3 is 0 Å². The molecule has 0 saturated carbocycles. The second kappa shape index (κ2) is 7.60. The highest BCUT2D eigenvalue weighted by Gasteiger charge is 2.31. The van der Waals surface area contributed by atoms with E-state index in [9.17, 15) is 9.59 Å². The highest BCUT2D eigenvalue weighted by molar-refractivity contribution is 7.97. The maximum atomic E-state index is 12.7. The summed E-state index contributed by atoms with van der Waals surface area (Å²) in [7, 11) is 1.89. The number of hydrogen-bond acceptors (Lipinski definition) is 4. The van der Waals surface area contributed by atoms with Gasteiger partial charge in [-0.25, -0.2) is 4.31 Å². The van der Waals surface area contributed by atoms with Crippen LogP contribution in [0.15, 0.2) is 53.4 Å². The van der Waals surface area contributed by atoms with Crippen molar-refractivity contribution in [1.29, 1.82) is 0 Å². The number of benzene rings is 2. The number of hydrogen-bond donors (Lipinski definition) is 1. The molecule has 4 nitrogen and oxygen atoms in total. The van der Waals surface area contributed by atoms with Gasteiger partial charge in [0.1, 0.15) is 6.04 Å². The van der Waals surface area contributed by atoms with Gasteiger partial charge in [-0.3, -0.25) is 9.59 Å². The number of carbonyl (C=O) groups is 2. The third-order valence-corrected chi connectivity index (χ3v) is 5.60. The van der Waals surface area contributed by atoms with Gasteiger partial charge in [0.15, 0.2) is 5.78 Å². The minimum atomic E-state index is -0.575. The SMILES string of the molecule is C[C@H](NC(=O)C1Cc2cc(Cl)ccc2SN1C)C(=O)c1ccccc1. The molecule has 6 heteroatoms. The quantitative estimate of drug-likeness (QED) is 0.656. The van der Waals surface area contributed by atoms with Crippen LogP contribution in [0.5, 0.6) is 0 Å². The van der Waals surface area contributed by atoms with E-state index in [1.165, 1.54) is 11.9 Å². The van der Waals surface area contributed by atoms with Crippen molar-refractivity contribution in [2.75, 3.05) is 7.05 Å². The van der Waals surface area contributed by atoms with Crippen LogP contribution in [0.4, 0.5) is 0 Å². The lowest BCUT2D eigenvalue weighted by Crippen LogP contribution is -2.50. The number of nitrogens with one attached hydrogen (secondary N) is 1. The molecule has 25 heavy (non-hydrogen) atoms. The van der Waals surface area contributed by atoms with Crippen LogP contribution in [0, 0.1) is 0 Å². The van der Waals surface area contributed by atoms with E-state index < -0.39 is 6.04 Å². The van der Waals surface area contributed by atoms with Crippen molar-refractivity contribution < 1.29 is 9.59 Å². The van der Waals surface area contributed by atoms with Gasteiger partial charge in [-0.1, -0.05) is 41.9 Å². The van der Waals surface area contributed by atoms with Gasteiger partial charge in [-0.05, 0) is 56.1 Å². The maximum absolute atomic E-state index is 12.7. The second-order valence-electron chi connectivity index (χ2n) is 6.07. The first-order chi connectivity index (χ1) is 12.0. The van der Waals surface area contributed by atoms with Crippen LogP contribution in [0.25, 0.3) is 0 Å². The smallest absolute Gasteiger partial charge is 0.239 e. The summed E-state index contributed by atoms with van der Waals surface area (Å²) in [6.07, 6.45) is 0.567. The molecular formula is C19H19ClN2O2S. The summed E-state index contributed by atoms with van der Waals surface area (Å²) >= 11 is 7.58. The second-order valence-corrected chi connectivity index (χ2v) is 7.70. The van der Waals surface area contributed by atoms with E-state index in [0.29, 0.717) is 17.0 Å². The highest BCUT2D eigenvalue weighted by atomic mass is 35.5. The number of amides is 1. The molecule has 0 fully saturated rings. The summed E-state index contributed by atoms with van der Waals surface area (Å²) in [5.74, 6) is -0.249. The van der Waals surface area contributed by atoms with E-state index in [-0.39, 0.29) is 17.7 Å². The zero-order valence-corrected chi connectivity index (χ0v) is 15.6. The molecule has 2 atom stereocenters. The van der Waals surface area contributed by atoms with E-state index in [2.05, 4.69) is 5.32 Å². The zero-order chi connectivity index (χ0) is 18.0.